The van der Waals surface area contributed by atoms with Crippen LogP contribution in [0.3, 0.4) is 0 Å². The molecule has 2 heterocycles. The number of hydrogen-bond donors (Lipinski definition) is 1. The highest BCUT2D eigenvalue weighted by Gasteiger charge is 2.43. The Morgan fingerprint density at radius 3 is 2.67 bits per heavy atom. The summed E-state index contributed by atoms with van der Waals surface area (Å²) in [6, 6.07) is -0.537. The summed E-state index contributed by atoms with van der Waals surface area (Å²) in [5.41, 5.74) is -0.521. The number of carbonyl (C=O) groups excluding carboxylic acids is 2. The zero-order valence-electron chi connectivity index (χ0n) is 13.0. The van der Waals surface area contributed by atoms with Gasteiger partial charge in [0.25, 0.3) is 0 Å². The molecule has 3 atom stereocenters. The normalized spacial score (nSPS) is 29.0. The van der Waals surface area contributed by atoms with Crippen LogP contribution in [0.4, 0.5) is 4.79 Å². The Kier molecular flexibility index (Phi) is 4.73. The van der Waals surface area contributed by atoms with Gasteiger partial charge < -0.3 is 19.1 Å². The fraction of sp³-hybridized carbons (Fsp3) is 0.857. The number of rotatable bonds is 2. The lowest BCUT2D eigenvalue weighted by Crippen LogP contribution is -2.57. The number of nitrogens with zero attached hydrogens (tertiary/aromatic N) is 1. The van der Waals surface area contributed by atoms with E-state index in [9.17, 15) is 9.59 Å². The zero-order valence-corrected chi connectivity index (χ0v) is 13.0. The van der Waals surface area contributed by atoms with Gasteiger partial charge in [0.2, 0.25) is 0 Å². The molecule has 0 aromatic carbocycles. The van der Waals surface area contributed by atoms with Gasteiger partial charge in [-0.3, -0.25) is 10.1 Å². The van der Waals surface area contributed by atoms with E-state index in [1.807, 2.05) is 20.8 Å². The second-order valence-corrected chi connectivity index (χ2v) is 6.33. The monoisotopic (exact) mass is 300 g/mol. The molecule has 2 aliphatic heterocycles. The van der Waals surface area contributed by atoms with E-state index >= 15 is 0 Å². The number of likely N-dealkylation sites (tertiary alicyclic amines) is 1. The molecule has 2 rings (SSSR count). The van der Waals surface area contributed by atoms with Crippen molar-refractivity contribution in [2.75, 3.05) is 26.3 Å². The van der Waals surface area contributed by atoms with Gasteiger partial charge in [-0.15, -0.1) is 0 Å². The summed E-state index contributed by atoms with van der Waals surface area (Å²) in [6.45, 7) is 8.82. The van der Waals surface area contributed by atoms with Gasteiger partial charge in [-0.25, -0.2) is 4.79 Å². The van der Waals surface area contributed by atoms with Crippen LogP contribution in [0.2, 0.25) is 0 Å². The Morgan fingerprint density at radius 1 is 1.33 bits per heavy atom. The molecule has 0 bridgehead atoms. The van der Waals surface area contributed by atoms with Gasteiger partial charge in [-0.2, -0.15) is 0 Å². The van der Waals surface area contributed by atoms with Crippen molar-refractivity contribution in [1.29, 1.82) is 0 Å². The van der Waals surface area contributed by atoms with Crippen LogP contribution >= 0.6 is 0 Å². The zero-order chi connectivity index (χ0) is 15.6. The van der Waals surface area contributed by atoms with Crippen LogP contribution < -0.4 is 5.32 Å². The maximum Gasteiger partial charge on any atom is 0.410 e. The van der Waals surface area contributed by atoms with Crippen LogP contribution in [0.1, 0.15) is 27.7 Å². The van der Waals surface area contributed by atoms with Gasteiger partial charge in [0, 0.05) is 6.54 Å². The summed E-state index contributed by atoms with van der Waals surface area (Å²) in [5.74, 6) is -0.313. The molecule has 1 N–H and O–H groups in total. The molecule has 0 aromatic rings. The second-order valence-electron chi connectivity index (χ2n) is 6.33. The summed E-state index contributed by atoms with van der Waals surface area (Å²) < 4.78 is 16.0. The maximum absolute atomic E-state index is 12.1. The SMILES string of the molecule is CCOC(=O)[C@@H]1CO[C@H]2CN(C(=O)OC(C)(C)C)C[C@@H]2N1. The molecule has 2 aliphatic rings. The summed E-state index contributed by atoms with van der Waals surface area (Å²) >= 11 is 0. The molecule has 0 radical (unpaired) electrons. The van der Waals surface area contributed by atoms with Crippen molar-refractivity contribution >= 4 is 12.1 Å². The second kappa shape index (κ2) is 6.19. The highest BCUT2D eigenvalue weighted by Crippen LogP contribution is 2.21. The first-order chi connectivity index (χ1) is 9.80. The number of fused-ring (bicyclic) bond motifs is 1. The van der Waals surface area contributed by atoms with E-state index in [2.05, 4.69) is 5.32 Å². The smallest absolute Gasteiger partial charge is 0.410 e. The van der Waals surface area contributed by atoms with Gasteiger partial charge in [-0.05, 0) is 27.7 Å². The van der Waals surface area contributed by atoms with Crippen molar-refractivity contribution in [3.8, 4) is 0 Å². The third kappa shape index (κ3) is 4.07. The Labute approximate surface area is 124 Å². The summed E-state index contributed by atoms with van der Waals surface area (Å²) in [5, 5.41) is 3.20. The third-order valence-electron chi connectivity index (χ3n) is 3.38. The first kappa shape index (κ1) is 16.0. The number of morpholine rings is 1. The van der Waals surface area contributed by atoms with Crippen LogP contribution in [0.25, 0.3) is 0 Å². The molecule has 7 nitrogen and oxygen atoms in total. The van der Waals surface area contributed by atoms with Crippen LogP contribution in [0, 0.1) is 0 Å². The molecule has 1 amide bonds. The quantitative estimate of drug-likeness (QED) is 0.750. The molecular formula is C14H24N2O5. The fourth-order valence-corrected chi connectivity index (χ4v) is 2.48. The summed E-state index contributed by atoms with van der Waals surface area (Å²) in [4.78, 5) is 25.4. The van der Waals surface area contributed by atoms with Crippen molar-refractivity contribution in [2.45, 2.75) is 51.5 Å². The van der Waals surface area contributed by atoms with Crippen molar-refractivity contribution in [1.82, 2.24) is 10.2 Å². The first-order valence-electron chi connectivity index (χ1n) is 7.32. The minimum atomic E-state index is -0.521. The lowest BCUT2D eigenvalue weighted by atomic mass is 10.1. The molecule has 0 saturated carbocycles. The molecule has 21 heavy (non-hydrogen) atoms. The van der Waals surface area contributed by atoms with Gasteiger partial charge in [-0.1, -0.05) is 0 Å². The highest BCUT2D eigenvalue weighted by atomic mass is 16.6. The Morgan fingerprint density at radius 2 is 2.05 bits per heavy atom. The minimum absolute atomic E-state index is 0.0688. The van der Waals surface area contributed by atoms with E-state index < -0.39 is 11.6 Å². The lowest BCUT2D eigenvalue weighted by molar-refractivity contribution is -0.151. The topological polar surface area (TPSA) is 77.1 Å². The number of carbonyl (C=O) groups is 2. The van der Waals surface area contributed by atoms with Crippen molar-refractivity contribution in [2.24, 2.45) is 0 Å². The van der Waals surface area contributed by atoms with Crippen molar-refractivity contribution in [3.05, 3.63) is 0 Å². The van der Waals surface area contributed by atoms with E-state index in [0.29, 0.717) is 19.7 Å². The fourth-order valence-electron chi connectivity index (χ4n) is 2.48. The molecule has 120 valence electrons. The third-order valence-corrected chi connectivity index (χ3v) is 3.38. The van der Waals surface area contributed by atoms with Crippen molar-refractivity contribution in [3.63, 3.8) is 0 Å². The van der Waals surface area contributed by atoms with Gasteiger partial charge >= 0.3 is 12.1 Å². The lowest BCUT2D eigenvalue weighted by Gasteiger charge is -2.31. The molecule has 2 fully saturated rings. The standard InChI is InChI=1S/C14H24N2O5/c1-5-19-12(17)10-8-20-11-7-16(6-9(11)15-10)13(18)21-14(2,3)4/h9-11,15H,5-8H2,1-4H3/t9-,10-,11-/m0/s1. The molecule has 2 saturated heterocycles. The van der Waals surface area contributed by atoms with Crippen LogP contribution in [-0.4, -0.2) is 67.1 Å². The van der Waals surface area contributed by atoms with Crippen LogP contribution in [0.5, 0.6) is 0 Å². The summed E-state index contributed by atoms with van der Waals surface area (Å²) in [6.07, 6.45) is -0.460. The predicted molar refractivity (Wildman–Crippen MR) is 74.9 cm³/mol. The van der Waals surface area contributed by atoms with E-state index in [1.54, 1.807) is 11.8 Å². The van der Waals surface area contributed by atoms with E-state index in [-0.39, 0.29) is 30.8 Å². The number of esters is 1. The van der Waals surface area contributed by atoms with Gasteiger partial charge in [0.15, 0.2) is 0 Å². The molecule has 0 aromatic heterocycles. The highest BCUT2D eigenvalue weighted by molar-refractivity contribution is 5.76. The Bertz CT molecular complexity index is 407. The maximum atomic E-state index is 12.1. The summed E-state index contributed by atoms with van der Waals surface area (Å²) in [7, 11) is 0. The Balaban J connectivity index is 1.89. The Hall–Kier alpha value is -1.34. The predicted octanol–water partition coefficient (Wildman–Crippen LogP) is 0.526. The van der Waals surface area contributed by atoms with Gasteiger partial charge in [0.1, 0.15) is 11.6 Å². The van der Waals surface area contributed by atoms with E-state index in [4.69, 9.17) is 14.2 Å². The average molecular weight is 300 g/mol. The number of amides is 1. The van der Waals surface area contributed by atoms with Crippen LogP contribution in [0.15, 0.2) is 0 Å². The van der Waals surface area contributed by atoms with E-state index in [1.165, 1.54) is 0 Å². The number of hydrogen-bond acceptors (Lipinski definition) is 6. The molecule has 0 unspecified atom stereocenters. The number of nitrogens with one attached hydrogen (secondary N) is 1. The average Bonchev–Trinajstić information content (AvgIpc) is 2.79. The van der Waals surface area contributed by atoms with Gasteiger partial charge in [0.05, 0.1) is 31.9 Å². The molecular weight excluding hydrogens is 276 g/mol. The largest absolute Gasteiger partial charge is 0.465 e. The van der Waals surface area contributed by atoms with Crippen molar-refractivity contribution < 1.29 is 23.8 Å². The minimum Gasteiger partial charge on any atom is -0.465 e. The molecule has 0 aliphatic carbocycles. The number of ether oxygens (including phenoxy) is 3. The van der Waals surface area contributed by atoms with Crippen LogP contribution in [-0.2, 0) is 19.0 Å². The molecule has 0 spiro atoms. The first-order valence-corrected chi connectivity index (χ1v) is 7.32. The van der Waals surface area contributed by atoms with E-state index in [0.717, 1.165) is 0 Å². The molecule has 7 heteroatoms.